The largest absolute Gasteiger partial charge is 0.496 e. The quantitative estimate of drug-likeness (QED) is 0.00850. The van der Waals surface area contributed by atoms with Crippen LogP contribution in [0, 0.1) is 5.41 Å². The number of aliphatic hydroxyl groups excluding tert-OH is 9. The van der Waals surface area contributed by atoms with E-state index in [1.807, 2.05) is 73.1 Å². The van der Waals surface area contributed by atoms with Crippen LogP contribution in [0.1, 0.15) is 88.1 Å². The van der Waals surface area contributed by atoms with Crippen LogP contribution in [0.25, 0.3) is 10.9 Å². The SMILES string of the molecule is CCN(CCc1c(Cc2cc3c(cc2OC)N(C)[C@H]2[C@@](O)(C(=O)NNC(=O)OCCSSC[C@H](NC(=O)C(NC(=O)[C@H](CC(=O)O)NC(=O)C(N)C(O)[C@H](O)[C@H](O)CO)C(O)[C@@H](O)[C@H](O)CO)C(=O)O)[C@H](O)[C@]4(CC)C=CCN5CC[C@]32C54)[nH]c2ccccc12)C[C@](O)(CC)CCCC(=O)OC. The smallest absolute Gasteiger partial charge is 0.426 e. The number of hydrogen-bond donors (Lipinski definition) is 20. The van der Waals surface area contributed by atoms with Gasteiger partial charge in [-0.25, -0.2) is 15.0 Å². The van der Waals surface area contributed by atoms with Crippen LogP contribution >= 0.6 is 21.6 Å². The Kier molecular flexibility index (Phi) is 28.8. The monoisotopic (exact) mass is 1480 g/mol. The first-order chi connectivity index (χ1) is 48.3. The number of hydrazine groups is 1. The van der Waals surface area contributed by atoms with E-state index in [2.05, 4.69) is 37.8 Å². The standard InChI is InChI=1S/C66H98N10O24S2/c1-7-63(96,18-12-16-47(83)99-6)33-75(9-3)22-17-36-35-14-10-11-15-38(35)68-39(36)27-34-26-37-42(29-45(34)98-5)74(4)59-65(37)20-23-76-21-13-19-64(8-2,58(65)76)60(93)66(59,97)61(94)72-73-62(95)100-24-25-101-102-32-41(57(91)92)70-56(90)49(53(87)51(85)44(80)31-78)71-54(88)40(28-46(81)82)69-55(89)48(67)52(86)50(84)43(79)30-77/h10-11,13-15,19,26,29,40-41,43-44,48-53,58-60,68,77-80,84-87,93,96-97H,7-9,12,16-18,20-25,27-28,30-33,67H2,1-6H3,(H,69,89)(H,70,90)(H,71,88)(H,72,94)(H,73,95)(H,81,82)(H,91,92)/t40-,41-,43+,44+,48?,49?,50+,51-,52?,53?,58?,59+,60+,63-,64+,65+,66-/m0/s1. The average molecular weight is 1480 g/mol. The van der Waals surface area contributed by atoms with Crippen LogP contribution in [0.2, 0.25) is 0 Å². The van der Waals surface area contributed by atoms with Gasteiger partial charge in [-0.2, -0.15) is 0 Å². The normalized spacial score (nSPS) is 24.1. The molecule has 7 rings (SSSR count). The van der Waals surface area contributed by atoms with E-state index in [0.29, 0.717) is 89.1 Å². The van der Waals surface area contributed by atoms with Gasteiger partial charge < -0.3 is 117 Å². The number of methoxy groups -OCH3 is 2. The number of carboxylic acid groups (broad SMARTS) is 2. The number of amides is 5. The number of aliphatic carboxylic acids is 2. The Morgan fingerprint density at radius 1 is 0.863 bits per heavy atom. The van der Waals surface area contributed by atoms with Crippen LogP contribution in [-0.2, 0) is 61.3 Å². The van der Waals surface area contributed by atoms with E-state index in [-0.39, 0.29) is 24.7 Å². The Morgan fingerprint density at radius 3 is 2.17 bits per heavy atom. The van der Waals surface area contributed by atoms with Crippen molar-refractivity contribution in [3.05, 3.63) is 70.9 Å². The number of likely N-dealkylation sites (N-methyl/N-ethyl adjacent to an activating group) is 2. The number of aliphatic hydroxyl groups is 11. The Bertz CT molecular complexity index is 3490. The van der Waals surface area contributed by atoms with Crippen molar-refractivity contribution < 1.29 is 119 Å². The van der Waals surface area contributed by atoms with Gasteiger partial charge in [-0.05, 0) is 74.9 Å². The predicted molar refractivity (Wildman–Crippen MR) is 369 cm³/mol. The predicted octanol–water partition coefficient (Wildman–Crippen LogP) is -4.05. The van der Waals surface area contributed by atoms with Gasteiger partial charge in [-0.3, -0.25) is 39.1 Å². The second-order valence-corrected chi connectivity index (χ2v) is 28.9. The maximum atomic E-state index is 15.0. The number of benzene rings is 2. The summed E-state index contributed by atoms with van der Waals surface area (Å²) in [4.78, 5) is 115. The van der Waals surface area contributed by atoms with Crippen molar-refractivity contribution in [1.82, 2.24) is 41.6 Å². The van der Waals surface area contributed by atoms with Crippen molar-refractivity contribution in [2.75, 3.05) is 90.2 Å². The number of nitrogens with two attached hydrogens (primary N) is 1. The molecule has 0 radical (unpaired) electrons. The lowest BCUT2D eigenvalue weighted by molar-refractivity contribution is -0.204. The molecule has 2 fully saturated rings. The number of hydrogen-bond acceptors (Lipinski definition) is 28. The molecule has 1 saturated carbocycles. The molecule has 102 heavy (non-hydrogen) atoms. The first kappa shape index (κ1) is 82.3. The highest BCUT2D eigenvalue weighted by Crippen LogP contribution is 2.67. The molecular weight excluding hydrogens is 1380 g/mol. The van der Waals surface area contributed by atoms with Crippen LogP contribution in [0.4, 0.5) is 10.5 Å². The average Bonchev–Trinajstić information content (AvgIpc) is 1.47. The highest BCUT2D eigenvalue weighted by atomic mass is 33.1. The molecule has 5 unspecified atom stereocenters. The molecule has 3 aliphatic heterocycles. The number of ether oxygens (including phenoxy) is 3. The molecule has 1 aromatic heterocycles. The van der Waals surface area contributed by atoms with E-state index in [1.165, 1.54) is 7.11 Å². The number of carboxylic acids is 2. The van der Waals surface area contributed by atoms with Gasteiger partial charge in [0.1, 0.15) is 79.3 Å². The summed E-state index contributed by atoms with van der Waals surface area (Å²) >= 11 is 0. The van der Waals surface area contributed by atoms with Crippen molar-refractivity contribution in [3.8, 4) is 5.75 Å². The van der Waals surface area contributed by atoms with Crippen LogP contribution in [0.5, 0.6) is 5.75 Å². The van der Waals surface area contributed by atoms with E-state index in [4.69, 9.17) is 25.1 Å². The third-order valence-corrected chi connectivity index (χ3v) is 22.7. The molecule has 5 amide bonds. The van der Waals surface area contributed by atoms with Crippen LogP contribution in [-0.4, -0.2) is 304 Å². The number of nitrogens with one attached hydrogen (secondary N) is 6. The summed E-state index contributed by atoms with van der Waals surface area (Å²) in [5.74, 6) is -9.64. The molecule has 4 heterocycles. The van der Waals surface area contributed by atoms with Gasteiger partial charge in [0.25, 0.3) is 5.91 Å². The number of rotatable bonds is 39. The number of esters is 1. The molecular formula is C66H98N10O24S2. The molecule has 0 bridgehead atoms. The minimum atomic E-state index is -2.63. The summed E-state index contributed by atoms with van der Waals surface area (Å²) < 4.78 is 16.3. The summed E-state index contributed by atoms with van der Waals surface area (Å²) in [7, 11) is 6.38. The van der Waals surface area contributed by atoms with Crippen LogP contribution < -0.4 is 42.2 Å². The Hall–Kier alpha value is -6.98. The van der Waals surface area contributed by atoms with Crippen molar-refractivity contribution in [2.24, 2.45) is 11.1 Å². The summed E-state index contributed by atoms with van der Waals surface area (Å²) in [5.41, 5.74) is 9.52. The van der Waals surface area contributed by atoms with E-state index in [1.54, 1.807) is 19.1 Å². The minimum Gasteiger partial charge on any atom is -0.496 e. The zero-order valence-electron chi connectivity index (χ0n) is 57.6. The van der Waals surface area contributed by atoms with Gasteiger partial charge >= 0.3 is 24.0 Å². The van der Waals surface area contributed by atoms with Gasteiger partial charge in [0.05, 0.1) is 45.5 Å². The lowest BCUT2D eigenvalue weighted by Gasteiger charge is -2.63. The number of fused-ring (bicyclic) bond motifs is 2. The van der Waals surface area contributed by atoms with Crippen LogP contribution in [0.15, 0.2) is 48.6 Å². The topological polar surface area (TPSA) is 539 Å². The van der Waals surface area contributed by atoms with Crippen molar-refractivity contribution in [1.29, 1.82) is 0 Å². The second kappa shape index (κ2) is 35.7. The fourth-order valence-electron chi connectivity index (χ4n) is 14.9. The maximum absolute atomic E-state index is 15.0. The summed E-state index contributed by atoms with van der Waals surface area (Å²) in [5, 5.41) is 145. The molecule has 1 spiro atoms. The molecule has 36 heteroatoms. The highest BCUT2D eigenvalue weighted by Gasteiger charge is 2.78. The van der Waals surface area contributed by atoms with E-state index in [0.717, 1.165) is 54.9 Å². The van der Waals surface area contributed by atoms with Gasteiger partial charge in [0.2, 0.25) is 17.7 Å². The number of H-pyrrole nitrogens is 1. The molecule has 34 nitrogen and oxygen atoms in total. The number of carbonyl (C=O) groups excluding carboxylic acids is 6. The molecule has 17 atom stereocenters. The third-order valence-electron chi connectivity index (χ3n) is 20.3. The molecule has 1 aliphatic carbocycles. The molecule has 1 saturated heterocycles. The maximum Gasteiger partial charge on any atom is 0.426 e. The molecule has 4 aliphatic rings. The van der Waals surface area contributed by atoms with Gasteiger partial charge in [-0.15, -0.1) is 0 Å². The first-order valence-electron chi connectivity index (χ1n) is 33.6. The summed E-state index contributed by atoms with van der Waals surface area (Å²) in [6, 6.07) is 1.70. The Balaban J connectivity index is 1.03. The number of aromatic nitrogens is 1. The lowest BCUT2D eigenvalue weighted by Crippen LogP contribution is -2.82. The Morgan fingerprint density at radius 2 is 1.54 bits per heavy atom. The van der Waals surface area contributed by atoms with Crippen molar-refractivity contribution >= 4 is 85.8 Å². The van der Waals surface area contributed by atoms with Gasteiger partial charge in [0.15, 0.2) is 5.60 Å². The van der Waals surface area contributed by atoms with E-state index >= 15 is 4.79 Å². The molecule has 3 aromatic rings. The first-order valence-corrected chi connectivity index (χ1v) is 36.1. The van der Waals surface area contributed by atoms with E-state index in [9.17, 15) is 94.8 Å². The number of aromatic amines is 1. The van der Waals surface area contributed by atoms with Gasteiger partial charge in [0, 0.05) is 102 Å². The van der Waals surface area contributed by atoms with Gasteiger partial charge in [-0.1, -0.05) is 72.7 Å². The fraction of sp³-hybridized carbons (Fsp3) is 0.636. The van der Waals surface area contributed by atoms with Crippen LogP contribution in [0.3, 0.4) is 0 Å². The molecule has 2 aromatic carbocycles. The van der Waals surface area contributed by atoms with Crippen molar-refractivity contribution in [2.45, 2.75) is 174 Å². The van der Waals surface area contributed by atoms with Crippen molar-refractivity contribution in [3.63, 3.8) is 0 Å². The molecule has 568 valence electrons. The third kappa shape index (κ3) is 17.5. The Labute approximate surface area is 596 Å². The summed E-state index contributed by atoms with van der Waals surface area (Å²) in [6.45, 7) is 5.96. The second-order valence-electron chi connectivity index (χ2n) is 26.3. The zero-order chi connectivity index (χ0) is 75.3. The minimum absolute atomic E-state index is 0.0660. The number of para-hydroxylation sites is 1. The number of carbonyl (C=O) groups is 8. The number of anilines is 1. The number of nitrogens with zero attached hydrogens (tertiary/aromatic N) is 3. The lowest BCUT2D eigenvalue weighted by atomic mass is 9.47. The molecule has 21 N–H and O–H groups in total. The van der Waals surface area contributed by atoms with E-state index < -0.39 is 168 Å². The highest BCUT2D eigenvalue weighted by molar-refractivity contribution is 8.76. The summed E-state index contributed by atoms with van der Waals surface area (Å²) in [6.07, 6.45) is -10.8. The fourth-order valence-corrected chi connectivity index (χ4v) is 16.9. The zero-order valence-corrected chi connectivity index (χ0v) is 59.2.